The number of halogens is 1. The van der Waals surface area contributed by atoms with Crippen LogP contribution in [0.1, 0.15) is 24.2 Å². The first-order valence-electron chi connectivity index (χ1n) is 7.67. The Kier molecular flexibility index (Phi) is 4.58. The number of nitrogens with one attached hydrogen (secondary N) is 1. The molecule has 2 aliphatic heterocycles. The molecule has 1 amide bonds. The Balaban J connectivity index is 1.75. The van der Waals surface area contributed by atoms with Crippen LogP contribution in [0.4, 0.5) is 4.39 Å². The molecule has 132 valence electrons. The summed E-state index contributed by atoms with van der Waals surface area (Å²) in [5, 5.41) is 22.5. The zero-order valence-corrected chi connectivity index (χ0v) is 13.3. The van der Waals surface area contributed by atoms with Gasteiger partial charge in [-0.25, -0.2) is 4.39 Å². The minimum atomic E-state index is -1.46. The van der Waals surface area contributed by atoms with Crippen LogP contribution in [-0.4, -0.2) is 59.2 Å². The van der Waals surface area contributed by atoms with Gasteiger partial charge in [0.05, 0.1) is 12.6 Å². The zero-order chi connectivity index (χ0) is 17.5. The Hall–Kier alpha value is -1.58. The zero-order valence-electron chi connectivity index (χ0n) is 13.3. The van der Waals surface area contributed by atoms with Gasteiger partial charge in [-0.3, -0.25) is 4.79 Å². The maximum atomic E-state index is 13.3. The van der Waals surface area contributed by atoms with Crippen molar-refractivity contribution in [3.8, 4) is 0 Å². The van der Waals surface area contributed by atoms with Crippen molar-refractivity contribution in [3.05, 3.63) is 35.6 Å². The monoisotopic (exact) mass is 341 g/mol. The highest BCUT2D eigenvalue weighted by Gasteiger charge is 2.51. The molecule has 0 radical (unpaired) electrons. The van der Waals surface area contributed by atoms with E-state index in [1.54, 1.807) is 13.8 Å². The lowest BCUT2D eigenvalue weighted by Crippen LogP contribution is -2.51. The molecule has 8 heteroatoms. The van der Waals surface area contributed by atoms with Crippen molar-refractivity contribution in [2.24, 2.45) is 0 Å². The lowest BCUT2D eigenvalue weighted by atomic mass is 10.0. The number of ether oxygens (including phenoxy) is 3. The van der Waals surface area contributed by atoms with E-state index in [9.17, 15) is 19.4 Å². The lowest BCUT2D eigenvalue weighted by molar-refractivity contribution is -0.175. The molecule has 0 bridgehead atoms. The van der Waals surface area contributed by atoms with Gasteiger partial charge in [-0.1, -0.05) is 6.07 Å². The summed E-state index contributed by atoms with van der Waals surface area (Å²) in [5.74, 6) is -1.94. The molecule has 1 aromatic carbocycles. The summed E-state index contributed by atoms with van der Waals surface area (Å²) in [4.78, 5) is 12.3. The molecule has 5 atom stereocenters. The van der Waals surface area contributed by atoms with Crippen molar-refractivity contribution < 1.29 is 33.6 Å². The van der Waals surface area contributed by atoms with E-state index in [4.69, 9.17) is 14.2 Å². The Morgan fingerprint density at radius 2 is 2.12 bits per heavy atom. The highest BCUT2D eigenvalue weighted by Crippen LogP contribution is 2.31. The van der Waals surface area contributed by atoms with E-state index < -0.39 is 48.2 Å². The number of carbonyl (C=O) groups excluding carboxylic acids is 1. The Bertz CT molecular complexity index is 624. The first kappa shape index (κ1) is 17.2. The number of aliphatic hydroxyl groups is 2. The topological polar surface area (TPSA) is 97.3 Å². The molecule has 0 aromatic heterocycles. The van der Waals surface area contributed by atoms with Crippen LogP contribution in [-0.2, 0) is 14.2 Å². The Labute approximate surface area is 138 Å². The van der Waals surface area contributed by atoms with Gasteiger partial charge in [-0.15, -0.1) is 0 Å². The van der Waals surface area contributed by atoms with E-state index >= 15 is 0 Å². The van der Waals surface area contributed by atoms with Crippen LogP contribution < -0.4 is 5.32 Å². The van der Waals surface area contributed by atoms with Crippen LogP contribution in [0.15, 0.2) is 24.3 Å². The van der Waals surface area contributed by atoms with Gasteiger partial charge in [0.25, 0.3) is 5.91 Å². The summed E-state index contributed by atoms with van der Waals surface area (Å²) < 4.78 is 29.7. The molecule has 7 nitrogen and oxygen atoms in total. The molecule has 3 rings (SSSR count). The van der Waals surface area contributed by atoms with Gasteiger partial charge in [-0.2, -0.15) is 0 Å². The van der Waals surface area contributed by atoms with Crippen molar-refractivity contribution in [1.82, 2.24) is 5.32 Å². The predicted molar refractivity (Wildman–Crippen MR) is 79.4 cm³/mol. The van der Waals surface area contributed by atoms with Crippen LogP contribution >= 0.6 is 0 Å². The van der Waals surface area contributed by atoms with Gasteiger partial charge in [-0.05, 0) is 32.0 Å². The average Bonchev–Trinajstić information content (AvgIpc) is 3.01. The minimum absolute atomic E-state index is 0.103. The molecule has 24 heavy (non-hydrogen) atoms. The maximum Gasteiger partial charge on any atom is 0.251 e. The van der Waals surface area contributed by atoms with Gasteiger partial charge in [0.1, 0.15) is 24.1 Å². The van der Waals surface area contributed by atoms with Gasteiger partial charge in [0.15, 0.2) is 12.1 Å². The van der Waals surface area contributed by atoms with E-state index in [0.29, 0.717) is 0 Å². The number of rotatable bonds is 3. The second-order valence-electron chi connectivity index (χ2n) is 6.36. The number of hydrogen-bond acceptors (Lipinski definition) is 6. The SMILES string of the molecule is CC1(C)OC[C@H]([C@H]2O[C@H](O)[C@H](O)[C@@H]2NC(=O)c2cccc(F)c2)O1. The molecular formula is C16H20FNO6. The lowest BCUT2D eigenvalue weighted by Gasteiger charge is -2.26. The van der Waals surface area contributed by atoms with Crippen LogP contribution in [0.25, 0.3) is 0 Å². The third kappa shape index (κ3) is 3.42. The summed E-state index contributed by atoms with van der Waals surface area (Å²) in [6, 6.07) is 4.25. The van der Waals surface area contributed by atoms with Gasteiger partial charge < -0.3 is 29.7 Å². The van der Waals surface area contributed by atoms with Crippen molar-refractivity contribution >= 4 is 5.91 Å². The molecule has 0 aliphatic carbocycles. The molecule has 0 spiro atoms. The fourth-order valence-corrected chi connectivity index (χ4v) is 2.93. The minimum Gasteiger partial charge on any atom is -0.386 e. The van der Waals surface area contributed by atoms with Crippen LogP contribution in [0.5, 0.6) is 0 Å². The highest BCUT2D eigenvalue weighted by molar-refractivity contribution is 5.94. The maximum absolute atomic E-state index is 13.3. The third-order valence-electron chi connectivity index (χ3n) is 4.09. The summed E-state index contributed by atoms with van der Waals surface area (Å²) in [7, 11) is 0. The van der Waals surface area contributed by atoms with Crippen LogP contribution in [0, 0.1) is 5.82 Å². The van der Waals surface area contributed by atoms with E-state index in [1.165, 1.54) is 18.2 Å². The van der Waals surface area contributed by atoms with Crippen LogP contribution in [0.3, 0.4) is 0 Å². The van der Waals surface area contributed by atoms with E-state index in [-0.39, 0.29) is 12.2 Å². The Morgan fingerprint density at radius 1 is 1.38 bits per heavy atom. The van der Waals surface area contributed by atoms with E-state index in [1.807, 2.05) is 0 Å². The average molecular weight is 341 g/mol. The fraction of sp³-hybridized carbons (Fsp3) is 0.562. The number of hydrogen-bond donors (Lipinski definition) is 3. The Morgan fingerprint density at radius 3 is 2.75 bits per heavy atom. The molecule has 0 unspecified atom stereocenters. The first-order valence-corrected chi connectivity index (χ1v) is 7.67. The van der Waals surface area contributed by atoms with E-state index in [2.05, 4.69) is 5.32 Å². The van der Waals surface area contributed by atoms with Crippen molar-refractivity contribution in [1.29, 1.82) is 0 Å². The summed E-state index contributed by atoms with van der Waals surface area (Å²) in [6.07, 6.45) is -4.15. The second kappa shape index (κ2) is 6.38. The number of aliphatic hydroxyl groups excluding tert-OH is 2. The summed E-state index contributed by atoms with van der Waals surface area (Å²) in [6.45, 7) is 3.66. The van der Waals surface area contributed by atoms with Crippen molar-refractivity contribution in [2.75, 3.05) is 6.61 Å². The molecule has 2 heterocycles. The first-order chi connectivity index (χ1) is 11.3. The van der Waals surface area contributed by atoms with Gasteiger partial charge in [0.2, 0.25) is 0 Å². The highest BCUT2D eigenvalue weighted by atomic mass is 19.1. The normalized spacial score (nSPS) is 35.1. The molecular weight excluding hydrogens is 321 g/mol. The number of benzene rings is 1. The van der Waals surface area contributed by atoms with Gasteiger partial charge in [0, 0.05) is 5.56 Å². The third-order valence-corrected chi connectivity index (χ3v) is 4.09. The van der Waals surface area contributed by atoms with Crippen molar-refractivity contribution in [2.45, 2.75) is 50.3 Å². The molecule has 3 N–H and O–H groups in total. The standard InChI is InChI=1S/C16H20FNO6/c1-16(2)22-7-10(24-16)13-11(12(19)15(21)23-13)18-14(20)8-4-3-5-9(17)6-8/h3-6,10-13,15,19,21H,7H2,1-2H3,(H,18,20)/t10-,11+,12-,13-,15+/m1/s1. The molecule has 2 aliphatic rings. The van der Waals surface area contributed by atoms with Crippen molar-refractivity contribution in [3.63, 3.8) is 0 Å². The molecule has 2 saturated heterocycles. The fourth-order valence-electron chi connectivity index (χ4n) is 2.93. The predicted octanol–water partition coefficient (Wildman–Crippen LogP) is 0.154. The molecule has 1 aromatic rings. The van der Waals surface area contributed by atoms with E-state index in [0.717, 1.165) is 6.07 Å². The number of carbonyl (C=O) groups is 1. The molecule has 2 fully saturated rings. The summed E-state index contributed by atoms with van der Waals surface area (Å²) >= 11 is 0. The smallest absolute Gasteiger partial charge is 0.251 e. The van der Waals surface area contributed by atoms with Gasteiger partial charge >= 0.3 is 0 Å². The second-order valence-corrected chi connectivity index (χ2v) is 6.36. The number of amides is 1. The molecule has 0 saturated carbocycles. The summed E-state index contributed by atoms with van der Waals surface area (Å²) in [5.41, 5.74) is 0.103. The quantitative estimate of drug-likeness (QED) is 0.724. The van der Waals surface area contributed by atoms with Crippen LogP contribution in [0.2, 0.25) is 0 Å². The largest absolute Gasteiger partial charge is 0.386 e.